The molecular weight excluding hydrogens is 258 g/mol. The van der Waals surface area contributed by atoms with Crippen LogP contribution in [0.3, 0.4) is 0 Å². The van der Waals surface area contributed by atoms with Crippen molar-refractivity contribution in [2.75, 3.05) is 6.61 Å². The maximum Gasteiger partial charge on any atom is 0.323 e. The highest BCUT2D eigenvalue weighted by Gasteiger charge is 2.43. The molecule has 0 amide bonds. The first kappa shape index (κ1) is 14.4. The smallest absolute Gasteiger partial charge is 0.323 e. The normalized spacial score (nSPS) is 13.7. The van der Waals surface area contributed by atoms with Crippen molar-refractivity contribution in [2.45, 2.75) is 20.3 Å². The maximum atomic E-state index is 11.7. The van der Waals surface area contributed by atoms with Crippen LogP contribution < -0.4 is 0 Å². The molecule has 0 fully saturated rings. The predicted molar refractivity (Wildman–Crippen MR) is 65.3 cm³/mol. The average Bonchev–Trinajstić information content (AvgIpc) is 2.28. The molecule has 0 radical (unpaired) electrons. The highest BCUT2D eigenvalue weighted by atomic mass is 35.5. The van der Waals surface area contributed by atoms with E-state index in [4.69, 9.17) is 16.3 Å². The van der Waals surface area contributed by atoms with Crippen LogP contribution in [0.1, 0.15) is 19.4 Å². The van der Waals surface area contributed by atoms with E-state index in [0.29, 0.717) is 5.56 Å². The van der Waals surface area contributed by atoms with Gasteiger partial charge in [0.1, 0.15) is 5.15 Å². The summed E-state index contributed by atoms with van der Waals surface area (Å²) in [5.74, 6) is -1.99. The quantitative estimate of drug-likeness (QED) is 0.503. The lowest BCUT2D eigenvalue weighted by Crippen LogP contribution is -2.40. The number of carbonyl (C=O) groups excluding carboxylic acids is 1. The number of hydrogen-bond acceptors (Lipinski definition) is 4. The molecule has 0 aromatic carbocycles. The SMILES string of the molecule is CCOC(=O)C(C)(Cc1ccnc(Cl)c1)C(=O)O. The number of carboxylic acid groups (broad SMARTS) is 1. The van der Waals surface area contributed by atoms with E-state index in [1.807, 2.05) is 0 Å². The van der Waals surface area contributed by atoms with Gasteiger partial charge in [-0.1, -0.05) is 11.6 Å². The fraction of sp³-hybridized carbons (Fsp3) is 0.417. The summed E-state index contributed by atoms with van der Waals surface area (Å²) in [4.78, 5) is 26.8. The summed E-state index contributed by atoms with van der Waals surface area (Å²) in [7, 11) is 0. The first-order chi connectivity index (χ1) is 8.40. The number of hydrogen-bond donors (Lipinski definition) is 1. The van der Waals surface area contributed by atoms with E-state index in [2.05, 4.69) is 4.98 Å². The van der Waals surface area contributed by atoms with Crippen LogP contribution in [0.4, 0.5) is 0 Å². The van der Waals surface area contributed by atoms with Crippen LogP contribution in [0.2, 0.25) is 5.15 Å². The van der Waals surface area contributed by atoms with Gasteiger partial charge in [0.2, 0.25) is 0 Å². The Morgan fingerprint density at radius 2 is 2.22 bits per heavy atom. The van der Waals surface area contributed by atoms with E-state index in [0.717, 1.165) is 0 Å². The van der Waals surface area contributed by atoms with E-state index in [1.165, 1.54) is 19.2 Å². The fourth-order valence-electron chi connectivity index (χ4n) is 1.49. The fourth-order valence-corrected chi connectivity index (χ4v) is 1.68. The van der Waals surface area contributed by atoms with Crippen molar-refractivity contribution >= 4 is 23.5 Å². The molecule has 18 heavy (non-hydrogen) atoms. The number of ether oxygens (including phenoxy) is 1. The number of rotatable bonds is 5. The van der Waals surface area contributed by atoms with Crippen LogP contribution in [-0.4, -0.2) is 28.6 Å². The Hall–Kier alpha value is -1.62. The zero-order chi connectivity index (χ0) is 13.8. The Labute approximate surface area is 110 Å². The molecule has 1 unspecified atom stereocenters. The minimum absolute atomic E-state index is 0.00338. The lowest BCUT2D eigenvalue weighted by Gasteiger charge is -2.22. The van der Waals surface area contributed by atoms with Gasteiger partial charge in [-0.05, 0) is 38.0 Å². The van der Waals surface area contributed by atoms with Gasteiger partial charge in [0.15, 0.2) is 5.41 Å². The zero-order valence-electron chi connectivity index (χ0n) is 10.1. The van der Waals surface area contributed by atoms with Crippen molar-refractivity contribution in [2.24, 2.45) is 5.41 Å². The first-order valence-electron chi connectivity index (χ1n) is 5.41. The molecule has 1 heterocycles. The van der Waals surface area contributed by atoms with Crippen molar-refractivity contribution in [1.29, 1.82) is 0 Å². The molecule has 6 heteroatoms. The molecule has 1 atom stereocenters. The number of aliphatic carboxylic acids is 1. The van der Waals surface area contributed by atoms with Gasteiger partial charge in [-0.2, -0.15) is 0 Å². The van der Waals surface area contributed by atoms with Gasteiger partial charge in [0.05, 0.1) is 6.61 Å². The Bertz CT molecular complexity index is 463. The Balaban J connectivity index is 3.00. The molecule has 0 spiro atoms. The molecule has 0 aliphatic heterocycles. The van der Waals surface area contributed by atoms with Crippen LogP contribution in [0.5, 0.6) is 0 Å². The van der Waals surface area contributed by atoms with Crippen LogP contribution in [0.15, 0.2) is 18.3 Å². The van der Waals surface area contributed by atoms with Gasteiger partial charge in [0.25, 0.3) is 0 Å². The van der Waals surface area contributed by atoms with E-state index in [-0.39, 0.29) is 18.2 Å². The summed E-state index contributed by atoms with van der Waals surface area (Å²) in [6.07, 6.45) is 1.47. The highest BCUT2D eigenvalue weighted by molar-refractivity contribution is 6.29. The first-order valence-corrected chi connectivity index (χ1v) is 5.79. The number of aromatic nitrogens is 1. The predicted octanol–water partition coefficient (Wildman–Crippen LogP) is 1.93. The summed E-state index contributed by atoms with van der Waals surface area (Å²) in [6.45, 7) is 3.10. The van der Waals surface area contributed by atoms with Gasteiger partial charge in [0, 0.05) is 6.20 Å². The van der Waals surface area contributed by atoms with E-state index in [9.17, 15) is 14.7 Å². The molecule has 98 valence electrons. The van der Waals surface area contributed by atoms with Crippen molar-refractivity contribution in [3.8, 4) is 0 Å². The lowest BCUT2D eigenvalue weighted by molar-refractivity contribution is -0.167. The van der Waals surface area contributed by atoms with E-state index >= 15 is 0 Å². The monoisotopic (exact) mass is 271 g/mol. The summed E-state index contributed by atoms with van der Waals surface area (Å²) in [5.41, 5.74) is -1.01. The van der Waals surface area contributed by atoms with Gasteiger partial charge in [-0.15, -0.1) is 0 Å². The number of pyridine rings is 1. The summed E-state index contributed by atoms with van der Waals surface area (Å²) >= 11 is 5.72. The Morgan fingerprint density at radius 1 is 1.56 bits per heavy atom. The van der Waals surface area contributed by atoms with Crippen LogP contribution in [0.25, 0.3) is 0 Å². The lowest BCUT2D eigenvalue weighted by atomic mass is 9.84. The summed E-state index contributed by atoms with van der Waals surface area (Å²) in [6, 6.07) is 3.15. The average molecular weight is 272 g/mol. The molecule has 0 aliphatic rings. The van der Waals surface area contributed by atoms with Crippen LogP contribution >= 0.6 is 11.6 Å². The zero-order valence-corrected chi connectivity index (χ0v) is 10.9. The number of esters is 1. The molecule has 0 saturated carbocycles. The summed E-state index contributed by atoms with van der Waals surface area (Å²) < 4.78 is 4.80. The van der Waals surface area contributed by atoms with Gasteiger partial charge < -0.3 is 9.84 Å². The molecular formula is C12H14ClNO4. The summed E-state index contributed by atoms with van der Waals surface area (Å²) in [5, 5.41) is 9.46. The van der Waals surface area contributed by atoms with Crippen LogP contribution in [0, 0.1) is 5.41 Å². The Morgan fingerprint density at radius 3 is 2.72 bits per heavy atom. The van der Waals surface area contributed by atoms with E-state index < -0.39 is 17.4 Å². The second-order valence-electron chi connectivity index (χ2n) is 4.02. The van der Waals surface area contributed by atoms with Gasteiger partial charge in [-0.3, -0.25) is 9.59 Å². The number of halogens is 1. The largest absolute Gasteiger partial charge is 0.480 e. The molecule has 0 aliphatic carbocycles. The van der Waals surface area contributed by atoms with E-state index in [1.54, 1.807) is 13.0 Å². The maximum absolute atomic E-state index is 11.7. The second kappa shape index (κ2) is 5.82. The van der Waals surface area contributed by atoms with Crippen molar-refractivity contribution in [1.82, 2.24) is 4.98 Å². The van der Waals surface area contributed by atoms with Crippen molar-refractivity contribution in [3.63, 3.8) is 0 Å². The van der Waals surface area contributed by atoms with Crippen molar-refractivity contribution in [3.05, 3.63) is 29.0 Å². The third-order valence-corrected chi connectivity index (χ3v) is 2.75. The molecule has 1 rings (SSSR count). The van der Waals surface area contributed by atoms with Gasteiger partial charge in [-0.25, -0.2) is 4.98 Å². The minimum atomic E-state index is -1.62. The van der Waals surface area contributed by atoms with Gasteiger partial charge >= 0.3 is 11.9 Å². The molecule has 1 N–H and O–H groups in total. The number of carboxylic acids is 1. The molecule has 0 saturated heterocycles. The van der Waals surface area contributed by atoms with Crippen LogP contribution in [-0.2, 0) is 20.7 Å². The standard InChI is InChI=1S/C12H14ClNO4/c1-3-18-11(17)12(2,10(15)16)7-8-4-5-14-9(13)6-8/h4-6H,3,7H2,1-2H3,(H,15,16). The molecule has 1 aromatic heterocycles. The second-order valence-corrected chi connectivity index (χ2v) is 4.41. The number of carbonyl (C=O) groups is 2. The Kier molecular flexibility index (Phi) is 4.67. The third-order valence-electron chi connectivity index (χ3n) is 2.55. The highest BCUT2D eigenvalue weighted by Crippen LogP contribution is 2.25. The topological polar surface area (TPSA) is 76.5 Å². The molecule has 1 aromatic rings. The minimum Gasteiger partial charge on any atom is -0.480 e. The molecule has 0 bridgehead atoms. The molecule has 5 nitrogen and oxygen atoms in total. The number of nitrogens with zero attached hydrogens (tertiary/aromatic N) is 1. The third kappa shape index (κ3) is 3.20. The van der Waals surface area contributed by atoms with Crippen molar-refractivity contribution < 1.29 is 19.4 Å².